The van der Waals surface area contributed by atoms with E-state index in [1.165, 1.54) is 0 Å². The van der Waals surface area contributed by atoms with Crippen LogP contribution in [0, 0.1) is 10.8 Å². The topological polar surface area (TPSA) is 26.0 Å². The lowest BCUT2D eigenvalue weighted by Crippen LogP contribution is -2.31. The van der Waals surface area contributed by atoms with Gasteiger partial charge in [-0.15, -0.1) is 0 Å². The van der Waals surface area contributed by atoms with Gasteiger partial charge < -0.3 is 5.73 Å². The Morgan fingerprint density at radius 3 is 2.00 bits per heavy atom. The van der Waals surface area contributed by atoms with Crippen LogP contribution in [0.1, 0.15) is 27.7 Å². The fourth-order valence-electron chi connectivity index (χ4n) is 1.17. The fraction of sp³-hybridized carbons (Fsp3) is 0.600. The lowest BCUT2D eigenvalue weighted by atomic mass is 9.65. The second kappa shape index (κ2) is 2.13. The third kappa shape index (κ3) is 1.32. The van der Waals surface area contributed by atoms with Gasteiger partial charge in [0.25, 0.3) is 0 Å². The van der Waals surface area contributed by atoms with E-state index in [2.05, 4.69) is 39.8 Å². The summed E-state index contributed by atoms with van der Waals surface area (Å²) in [5.41, 5.74) is 6.98. The van der Waals surface area contributed by atoms with Crippen LogP contribution in [-0.4, -0.2) is 0 Å². The maximum Gasteiger partial charge on any atom is 0.0276 e. The summed E-state index contributed by atoms with van der Waals surface area (Å²) in [6.07, 6.45) is 6.31. The van der Waals surface area contributed by atoms with Crippen molar-refractivity contribution in [2.24, 2.45) is 16.6 Å². The first-order chi connectivity index (χ1) is 4.85. The van der Waals surface area contributed by atoms with Gasteiger partial charge in [-0.1, -0.05) is 39.8 Å². The Bertz CT molecular complexity index is 219. The fourth-order valence-corrected chi connectivity index (χ4v) is 1.17. The van der Waals surface area contributed by atoms with E-state index in [1.54, 1.807) is 0 Å². The molecule has 1 aliphatic carbocycles. The molecule has 0 aromatic heterocycles. The van der Waals surface area contributed by atoms with Gasteiger partial charge in [0.2, 0.25) is 0 Å². The Kier molecular flexibility index (Phi) is 1.62. The molecule has 0 aromatic rings. The molecule has 0 heterocycles. The normalized spacial score (nSPS) is 26.4. The van der Waals surface area contributed by atoms with E-state index in [4.69, 9.17) is 5.73 Å². The molecule has 0 saturated heterocycles. The second-order valence-corrected chi connectivity index (χ2v) is 4.42. The predicted octanol–water partition coefficient (Wildman–Crippen LogP) is 2.45. The van der Waals surface area contributed by atoms with Gasteiger partial charge in [0.05, 0.1) is 0 Å². The number of allylic oxidation sites excluding steroid dienone is 3. The van der Waals surface area contributed by atoms with Crippen molar-refractivity contribution in [1.29, 1.82) is 0 Å². The molecule has 0 aliphatic heterocycles. The second-order valence-electron chi connectivity index (χ2n) is 4.42. The van der Waals surface area contributed by atoms with Gasteiger partial charge in [-0.05, 0) is 16.9 Å². The van der Waals surface area contributed by atoms with Gasteiger partial charge in [0.15, 0.2) is 0 Å². The van der Waals surface area contributed by atoms with E-state index >= 15 is 0 Å². The molecule has 1 nitrogen and oxygen atoms in total. The van der Waals surface area contributed by atoms with Gasteiger partial charge in [-0.2, -0.15) is 0 Å². The molecule has 1 heteroatoms. The third-order valence-electron chi connectivity index (χ3n) is 2.88. The average molecular weight is 151 g/mol. The molecule has 11 heavy (non-hydrogen) atoms. The summed E-state index contributed by atoms with van der Waals surface area (Å²) in [6.45, 7) is 8.88. The lowest BCUT2D eigenvalue weighted by molar-refractivity contribution is 0.227. The summed E-state index contributed by atoms with van der Waals surface area (Å²) in [7, 11) is 0. The molecule has 0 unspecified atom stereocenters. The minimum Gasteiger partial charge on any atom is -0.399 e. The molecule has 2 N–H and O–H groups in total. The van der Waals surface area contributed by atoms with E-state index in [9.17, 15) is 0 Å². The largest absolute Gasteiger partial charge is 0.399 e. The van der Waals surface area contributed by atoms with Gasteiger partial charge >= 0.3 is 0 Å². The van der Waals surface area contributed by atoms with Crippen molar-refractivity contribution < 1.29 is 0 Å². The first-order valence-corrected chi connectivity index (χ1v) is 4.03. The van der Waals surface area contributed by atoms with E-state index in [-0.39, 0.29) is 10.8 Å². The highest BCUT2D eigenvalue weighted by Gasteiger charge is 2.34. The maximum absolute atomic E-state index is 5.71. The summed E-state index contributed by atoms with van der Waals surface area (Å²) in [5, 5.41) is 0. The Labute approximate surface area is 69.0 Å². The van der Waals surface area contributed by atoms with Crippen molar-refractivity contribution in [1.82, 2.24) is 0 Å². The Hall–Kier alpha value is -0.720. The molecule has 0 saturated carbocycles. The monoisotopic (exact) mass is 151 g/mol. The minimum atomic E-state index is 0.172. The van der Waals surface area contributed by atoms with E-state index in [0.717, 1.165) is 5.70 Å². The molecule has 0 atom stereocenters. The van der Waals surface area contributed by atoms with Crippen molar-refractivity contribution in [2.45, 2.75) is 27.7 Å². The summed E-state index contributed by atoms with van der Waals surface area (Å²) in [4.78, 5) is 0. The standard InChI is InChI=1S/C10H17N/c1-9(2)6-5-8(11)7-10(9,3)4/h5-7H,11H2,1-4H3. The Morgan fingerprint density at radius 2 is 1.64 bits per heavy atom. The molecule has 0 spiro atoms. The van der Waals surface area contributed by atoms with Crippen LogP contribution in [0.5, 0.6) is 0 Å². The van der Waals surface area contributed by atoms with Crippen molar-refractivity contribution in [2.75, 3.05) is 0 Å². The van der Waals surface area contributed by atoms with Gasteiger partial charge in [0.1, 0.15) is 0 Å². The average Bonchev–Trinajstić information content (AvgIpc) is 1.80. The zero-order valence-electron chi connectivity index (χ0n) is 7.81. The van der Waals surface area contributed by atoms with Crippen LogP contribution in [0.4, 0.5) is 0 Å². The zero-order chi connectivity index (χ0) is 8.70. The van der Waals surface area contributed by atoms with Crippen molar-refractivity contribution in [3.63, 3.8) is 0 Å². The summed E-state index contributed by atoms with van der Waals surface area (Å²) in [6, 6.07) is 0. The van der Waals surface area contributed by atoms with Crippen LogP contribution in [0.25, 0.3) is 0 Å². The Balaban J connectivity index is 3.04. The number of hydrogen-bond acceptors (Lipinski definition) is 1. The SMILES string of the molecule is CC1(C)C=CC(N)=CC1(C)C. The highest BCUT2D eigenvalue weighted by atomic mass is 14.6. The molecule has 0 aromatic carbocycles. The van der Waals surface area contributed by atoms with Crippen LogP contribution < -0.4 is 5.73 Å². The zero-order valence-corrected chi connectivity index (χ0v) is 7.81. The van der Waals surface area contributed by atoms with Crippen LogP contribution in [0.15, 0.2) is 23.9 Å². The van der Waals surface area contributed by atoms with E-state index in [0.29, 0.717) is 0 Å². The van der Waals surface area contributed by atoms with Gasteiger partial charge in [-0.25, -0.2) is 0 Å². The first-order valence-electron chi connectivity index (χ1n) is 4.03. The van der Waals surface area contributed by atoms with Crippen molar-refractivity contribution in [3.05, 3.63) is 23.9 Å². The highest BCUT2D eigenvalue weighted by Crippen LogP contribution is 2.43. The third-order valence-corrected chi connectivity index (χ3v) is 2.88. The van der Waals surface area contributed by atoms with Crippen LogP contribution in [0.2, 0.25) is 0 Å². The highest BCUT2D eigenvalue weighted by molar-refractivity contribution is 5.28. The smallest absolute Gasteiger partial charge is 0.0276 e. The molecule has 0 fully saturated rings. The minimum absolute atomic E-state index is 0.172. The molecule has 0 bridgehead atoms. The van der Waals surface area contributed by atoms with Crippen molar-refractivity contribution in [3.8, 4) is 0 Å². The first kappa shape index (κ1) is 8.38. The molecule has 0 radical (unpaired) electrons. The van der Waals surface area contributed by atoms with Crippen molar-refractivity contribution >= 4 is 0 Å². The van der Waals surface area contributed by atoms with E-state index < -0.39 is 0 Å². The summed E-state index contributed by atoms with van der Waals surface area (Å²) >= 11 is 0. The number of hydrogen-bond donors (Lipinski definition) is 1. The van der Waals surface area contributed by atoms with Crippen LogP contribution in [0.3, 0.4) is 0 Å². The molecule has 0 amide bonds. The number of rotatable bonds is 0. The lowest BCUT2D eigenvalue weighted by Gasteiger charge is -2.39. The molecular formula is C10H17N. The summed E-state index contributed by atoms with van der Waals surface area (Å²) < 4.78 is 0. The van der Waals surface area contributed by atoms with Crippen LogP contribution >= 0.6 is 0 Å². The number of nitrogens with two attached hydrogens (primary N) is 1. The molecule has 62 valence electrons. The maximum atomic E-state index is 5.71. The quantitative estimate of drug-likeness (QED) is 0.565. The molecule has 1 aliphatic rings. The summed E-state index contributed by atoms with van der Waals surface area (Å²) in [5.74, 6) is 0. The Morgan fingerprint density at radius 1 is 1.09 bits per heavy atom. The van der Waals surface area contributed by atoms with E-state index in [1.807, 2.05) is 6.08 Å². The molecule has 1 rings (SSSR count). The van der Waals surface area contributed by atoms with Gasteiger partial charge in [-0.3, -0.25) is 0 Å². The van der Waals surface area contributed by atoms with Gasteiger partial charge in [0, 0.05) is 5.70 Å². The van der Waals surface area contributed by atoms with Crippen LogP contribution in [-0.2, 0) is 0 Å². The molecular weight excluding hydrogens is 134 g/mol. The predicted molar refractivity (Wildman–Crippen MR) is 49.0 cm³/mol.